The van der Waals surface area contributed by atoms with E-state index >= 15 is 0 Å². The Labute approximate surface area is 143 Å². The molecule has 1 saturated heterocycles. The monoisotopic (exact) mass is 408 g/mol. The molecule has 2 N–H and O–H groups in total. The molecule has 1 aliphatic heterocycles. The van der Waals surface area contributed by atoms with Gasteiger partial charge in [-0.2, -0.15) is 0 Å². The smallest absolute Gasteiger partial charge is 0.191 e. The van der Waals surface area contributed by atoms with Gasteiger partial charge in [0.25, 0.3) is 0 Å². The van der Waals surface area contributed by atoms with E-state index in [9.17, 15) is 0 Å². The molecule has 0 radical (unpaired) electrons. The number of halogens is 1. The van der Waals surface area contributed by atoms with E-state index in [1.807, 2.05) is 7.05 Å². The number of guanidine groups is 1. The first-order chi connectivity index (χ1) is 9.19. The zero-order chi connectivity index (χ0) is 13.7. The van der Waals surface area contributed by atoms with Crippen LogP contribution >= 0.6 is 35.3 Å². The number of aliphatic imine (C=N–C) groups is 1. The topological polar surface area (TPSA) is 39.7 Å². The average Bonchev–Trinajstić information content (AvgIpc) is 2.99. The van der Waals surface area contributed by atoms with Gasteiger partial charge in [-0.1, -0.05) is 0 Å². The first-order valence-electron chi connectivity index (χ1n) is 6.85. The van der Waals surface area contributed by atoms with Crippen molar-refractivity contribution in [3.63, 3.8) is 0 Å². The highest BCUT2D eigenvalue weighted by atomic mass is 127. The molecule has 0 aliphatic carbocycles. The van der Waals surface area contributed by atoms with Crippen LogP contribution in [0.1, 0.15) is 16.9 Å². The normalized spacial score (nSPS) is 19.8. The first-order valence-corrected chi connectivity index (χ1v) is 7.73. The minimum atomic E-state index is 0. The molecule has 1 unspecified atom stereocenters. The van der Waals surface area contributed by atoms with Crippen LogP contribution in [0.5, 0.6) is 0 Å². The van der Waals surface area contributed by atoms with Crippen LogP contribution < -0.4 is 10.6 Å². The zero-order valence-electron chi connectivity index (χ0n) is 12.5. The molecule has 0 amide bonds. The highest BCUT2D eigenvalue weighted by Crippen LogP contribution is 2.15. The predicted molar refractivity (Wildman–Crippen MR) is 98.3 cm³/mol. The van der Waals surface area contributed by atoms with E-state index in [-0.39, 0.29) is 24.0 Å². The van der Waals surface area contributed by atoms with Gasteiger partial charge in [-0.15, -0.1) is 35.3 Å². The largest absolute Gasteiger partial charge is 0.356 e. The van der Waals surface area contributed by atoms with Crippen molar-refractivity contribution < 1.29 is 0 Å². The van der Waals surface area contributed by atoms with Crippen molar-refractivity contribution >= 4 is 41.3 Å². The van der Waals surface area contributed by atoms with Crippen LogP contribution in [0.3, 0.4) is 0 Å². The van der Waals surface area contributed by atoms with E-state index < -0.39 is 0 Å². The van der Waals surface area contributed by atoms with Crippen LogP contribution in [0.15, 0.2) is 16.4 Å². The Bertz CT molecular complexity index is 433. The van der Waals surface area contributed by atoms with Gasteiger partial charge in [0.1, 0.15) is 0 Å². The molecule has 2 rings (SSSR count). The Kier molecular flexibility index (Phi) is 7.83. The Hall–Kier alpha value is -0.340. The van der Waals surface area contributed by atoms with Crippen molar-refractivity contribution in [3.8, 4) is 0 Å². The van der Waals surface area contributed by atoms with Gasteiger partial charge in [-0.3, -0.25) is 4.99 Å². The summed E-state index contributed by atoms with van der Waals surface area (Å²) in [5.41, 5.74) is 1.35. The van der Waals surface area contributed by atoms with Crippen molar-refractivity contribution in [3.05, 3.63) is 21.9 Å². The summed E-state index contributed by atoms with van der Waals surface area (Å²) in [6.07, 6.45) is 1.28. The molecule has 0 spiro atoms. The van der Waals surface area contributed by atoms with Crippen LogP contribution in [0.25, 0.3) is 0 Å². The van der Waals surface area contributed by atoms with Crippen LogP contribution in [-0.4, -0.2) is 44.6 Å². The summed E-state index contributed by atoms with van der Waals surface area (Å²) >= 11 is 1.79. The molecular formula is C14H25IN4S. The van der Waals surface area contributed by atoms with Crippen LogP contribution in [0, 0.1) is 12.8 Å². The van der Waals surface area contributed by atoms with Crippen molar-refractivity contribution in [2.75, 3.05) is 33.7 Å². The minimum Gasteiger partial charge on any atom is -0.356 e. The third-order valence-electron chi connectivity index (χ3n) is 3.66. The summed E-state index contributed by atoms with van der Waals surface area (Å²) in [4.78, 5) is 8.05. The summed E-state index contributed by atoms with van der Waals surface area (Å²) in [6, 6.07) is 2.16. The number of nitrogens with zero attached hydrogens (tertiary/aromatic N) is 2. The van der Waals surface area contributed by atoms with Gasteiger partial charge >= 0.3 is 0 Å². The highest BCUT2D eigenvalue weighted by molar-refractivity contribution is 14.0. The van der Waals surface area contributed by atoms with Gasteiger partial charge < -0.3 is 15.5 Å². The molecule has 1 aromatic heterocycles. The summed E-state index contributed by atoms with van der Waals surface area (Å²) in [5, 5.41) is 8.95. The van der Waals surface area contributed by atoms with Crippen molar-refractivity contribution in [2.45, 2.75) is 19.9 Å². The fourth-order valence-corrected chi connectivity index (χ4v) is 3.25. The lowest BCUT2D eigenvalue weighted by Crippen LogP contribution is -2.39. The zero-order valence-corrected chi connectivity index (χ0v) is 15.6. The molecule has 1 aliphatic rings. The van der Waals surface area contributed by atoms with E-state index in [1.54, 1.807) is 11.3 Å². The minimum absolute atomic E-state index is 0. The van der Waals surface area contributed by atoms with Crippen molar-refractivity contribution in [1.82, 2.24) is 15.5 Å². The number of likely N-dealkylation sites (tertiary alicyclic amines) is 1. The fraction of sp³-hybridized carbons (Fsp3) is 0.643. The van der Waals surface area contributed by atoms with E-state index in [1.165, 1.54) is 30.0 Å². The van der Waals surface area contributed by atoms with Gasteiger partial charge in [0.05, 0.1) is 6.54 Å². The number of nitrogens with one attached hydrogen (secondary N) is 2. The number of rotatable bonds is 4. The molecular weight excluding hydrogens is 383 g/mol. The lowest BCUT2D eigenvalue weighted by atomic mass is 10.1. The third kappa shape index (κ3) is 5.21. The maximum atomic E-state index is 4.28. The number of aryl methyl sites for hydroxylation is 1. The molecule has 1 fully saturated rings. The molecule has 1 atom stereocenters. The molecule has 114 valence electrons. The van der Waals surface area contributed by atoms with Crippen LogP contribution in [0.4, 0.5) is 0 Å². The molecule has 6 heteroatoms. The van der Waals surface area contributed by atoms with Crippen molar-refractivity contribution in [2.24, 2.45) is 10.9 Å². The Morgan fingerprint density at radius 3 is 2.85 bits per heavy atom. The molecule has 4 nitrogen and oxygen atoms in total. The van der Waals surface area contributed by atoms with E-state index in [0.29, 0.717) is 0 Å². The molecule has 0 bridgehead atoms. The fourth-order valence-electron chi connectivity index (χ4n) is 2.40. The van der Waals surface area contributed by atoms with Gasteiger partial charge in [-0.25, -0.2) is 0 Å². The lowest BCUT2D eigenvalue weighted by molar-refractivity contribution is 0.394. The molecule has 0 saturated carbocycles. The predicted octanol–water partition coefficient (Wildman–Crippen LogP) is 2.29. The van der Waals surface area contributed by atoms with Crippen LogP contribution in [0.2, 0.25) is 0 Å². The first kappa shape index (κ1) is 17.7. The van der Waals surface area contributed by atoms with E-state index in [2.05, 4.69) is 45.9 Å². The summed E-state index contributed by atoms with van der Waals surface area (Å²) in [6.45, 7) is 6.42. The number of hydrogen-bond acceptors (Lipinski definition) is 3. The molecule has 0 aromatic carbocycles. The van der Waals surface area contributed by atoms with Gasteiger partial charge in [0.2, 0.25) is 0 Å². The maximum Gasteiger partial charge on any atom is 0.191 e. The van der Waals surface area contributed by atoms with E-state index in [0.717, 1.165) is 25.0 Å². The molecule has 1 aromatic rings. The second-order valence-electron chi connectivity index (χ2n) is 5.25. The second kappa shape index (κ2) is 8.84. The van der Waals surface area contributed by atoms with Gasteiger partial charge in [0.15, 0.2) is 5.96 Å². The Morgan fingerprint density at radius 1 is 1.50 bits per heavy atom. The Balaban J connectivity index is 0.00000200. The standard InChI is InChI=1S/C14H24N4S.HI/c1-11-5-7-19-13(11)9-17-14(15-2)16-8-12-4-6-18(3)10-12;/h5,7,12H,4,6,8-10H2,1-3H3,(H2,15,16,17);1H. The summed E-state index contributed by atoms with van der Waals surface area (Å²) in [7, 11) is 4.02. The van der Waals surface area contributed by atoms with Gasteiger partial charge in [0, 0.05) is 25.0 Å². The quantitative estimate of drug-likeness (QED) is 0.456. The third-order valence-corrected chi connectivity index (χ3v) is 4.68. The van der Waals surface area contributed by atoms with E-state index in [4.69, 9.17) is 0 Å². The summed E-state index contributed by atoms with van der Waals surface area (Å²) < 4.78 is 0. The van der Waals surface area contributed by atoms with Crippen LogP contribution in [-0.2, 0) is 6.54 Å². The maximum absolute atomic E-state index is 4.28. The number of thiophene rings is 1. The average molecular weight is 408 g/mol. The lowest BCUT2D eigenvalue weighted by Gasteiger charge is -2.15. The van der Waals surface area contributed by atoms with Gasteiger partial charge in [-0.05, 0) is 49.9 Å². The molecule has 20 heavy (non-hydrogen) atoms. The summed E-state index contributed by atoms with van der Waals surface area (Å²) in [5.74, 6) is 1.65. The molecule has 2 heterocycles. The second-order valence-corrected chi connectivity index (χ2v) is 6.25. The number of hydrogen-bond donors (Lipinski definition) is 2. The SMILES string of the molecule is CN=C(NCc1sccc1C)NCC1CCN(C)C1.I. The Morgan fingerprint density at radius 2 is 2.30 bits per heavy atom. The highest BCUT2D eigenvalue weighted by Gasteiger charge is 2.19. The van der Waals surface area contributed by atoms with Crippen molar-refractivity contribution in [1.29, 1.82) is 0 Å².